The zero-order valence-corrected chi connectivity index (χ0v) is 10.2. The van der Waals surface area contributed by atoms with Gasteiger partial charge < -0.3 is 0 Å². The van der Waals surface area contributed by atoms with E-state index in [-0.39, 0.29) is 0 Å². The highest BCUT2D eigenvalue weighted by molar-refractivity contribution is 6.52. The Balaban J connectivity index is 2.12. The fraction of sp³-hybridized carbons (Fsp3) is 0.0667. The quantitative estimate of drug-likeness (QED) is 0.633. The summed E-state index contributed by atoms with van der Waals surface area (Å²) in [6.07, 6.45) is 1.89. The van der Waals surface area contributed by atoms with E-state index in [2.05, 4.69) is 29.4 Å². The molecule has 1 heterocycles. The van der Waals surface area contributed by atoms with Crippen molar-refractivity contribution in [2.75, 3.05) is 0 Å². The number of aromatic nitrogens is 2. The van der Waals surface area contributed by atoms with Crippen molar-refractivity contribution in [2.24, 2.45) is 0 Å². The van der Waals surface area contributed by atoms with Crippen molar-refractivity contribution >= 4 is 23.6 Å². The maximum Gasteiger partial charge on any atom is 0.159 e. The van der Waals surface area contributed by atoms with Crippen LogP contribution in [0.2, 0.25) is 6.82 Å². The first-order valence-electron chi connectivity index (χ1n) is 5.98. The van der Waals surface area contributed by atoms with Crippen LogP contribution in [0.15, 0.2) is 54.7 Å². The molecule has 0 unspecified atom stereocenters. The first kappa shape index (κ1) is 11.0. The second kappa shape index (κ2) is 4.61. The first-order valence-corrected chi connectivity index (χ1v) is 5.98. The third kappa shape index (κ3) is 1.99. The average Bonchev–Trinajstić information content (AvgIpc) is 2.47. The second-order valence-corrected chi connectivity index (χ2v) is 4.17. The summed E-state index contributed by atoms with van der Waals surface area (Å²) in [5.74, 6) is 0.774. The molecular formula is C15H12BN2. The van der Waals surface area contributed by atoms with Crippen molar-refractivity contribution in [3.8, 4) is 11.4 Å². The first-order chi connectivity index (χ1) is 8.86. The van der Waals surface area contributed by atoms with Crippen molar-refractivity contribution in [1.82, 2.24) is 9.97 Å². The van der Waals surface area contributed by atoms with E-state index < -0.39 is 0 Å². The van der Waals surface area contributed by atoms with Gasteiger partial charge >= 0.3 is 0 Å². The Morgan fingerprint density at radius 3 is 2.61 bits per heavy atom. The van der Waals surface area contributed by atoms with E-state index in [0.29, 0.717) is 0 Å². The molecule has 0 atom stereocenters. The summed E-state index contributed by atoms with van der Waals surface area (Å²) >= 11 is 0. The Morgan fingerprint density at radius 2 is 1.83 bits per heavy atom. The Morgan fingerprint density at radius 1 is 1.00 bits per heavy atom. The molecule has 3 rings (SSSR count). The van der Waals surface area contributed by atoms with Gasteiger partial charge in [-0.2, -0.15) is 0 Å². The molecule has 18 heavy (non-hydrogen) atoms. The van der Waals surface area contributed by atoms with Crippen molar-refractivity contribution in [3.63, 3.8) is 0 Å². The van der Waals surface area contributed by atoms with Gasteiger partial charge in [0, 0.05) is 17.1 Å². The molecule has 0 saturated carbocycles. The standard InChI is InChI=1S/C15H12BN2/c1-16-13-7-8-14-12(9-13)10-17-15(18-14)11-5-3-2-4-6-11/h2-10H,1H3. The highest BCUT2D eigenvalue weighted by Gasteiger charge is 2.02. The highest BCUT2D eigenvalue weighted by atomic mass is 14.9. The van der Waals surface area contributed by atoms with Crippen molar-refractivity contribution in [3.05, 3.63) is 54.7 Å². The number of nitrogens with zero attached hydrogens (tertiary/aromatic N) is 2. The monoisotopic (exact) mass is 231 g/mol. The fourth-order valence-electron chi connectivity index (χ4n) is 1.96. The normalized spacial score (nSPS) is 10.5. The minimum atomic E-state index is 0.774. The number of hydrogen-bond donors (Lipinski definition) is 0. The molecule has 0 bridgehead atoms. The lowest BCUT2D eigenvalue weighted by Gasteiger charge is -2.03. The van der Waals surface area contributed by atoms with Crippen LogP contribution in [0.1, 0.15) is 0 Å². The van der Waals surface area contributed by atoms with Crippen LogP contribution < -0.4 is 5.46 Å². The fourth-order valence-corrected chi connectivity index (χ4v) is 1.96. The lowest BCUT2D eigenvalue weighted by Crippen LogP contribution is -2.09. The van der Waals surface area contributed by atoms with E-state index in [9.17, 15) is 0 Å². The lowest BCUT2D eigenvalue weighted by atomic mass is 9.73. The van der Waals surface area contributed by atoms with Crippen LogP contribution in [-0.4, -0.2) is 17.2 Å². The topological polar surface area (TPSA) is 25.8 Å². The van der Waals surface area contributed by atoms with Crippen LogP contribution in [0.3, 0.4) is 0 Å². The molecule has 0 fully saturated rings. The molecule has 3 heteroatoms. The molecule has 0 aliphatic rings. The summed E-state index contributed by atoms with van der Waals surface area (Å²) in [6.45, 7) is 2.03. The number of rotatable bonds is 2. The molecule has 0 saturated heterocycles. The number of fused-ring (bicyclic) bond motifs is 1. The lowest BCUT2D eigenvalue weighted by molar-refractivity contribution is 1.23. The molecule has 0 amide bonds. The molecule has 3 aromatic rings. The summed E-state index contributed by atoms with van der Waals surface area (Å²) in [4.78, 5) is 9.02. The average molecular weight is 231 g/mol. The Hall–Kier alpha value is -2.16. The number of benzene rings is 2. The zero-order chi connectivity index (χ0) is 12.4. The second-order valence-electron chi connectivity index (χ2n) is 4.17. The zero-order valence-electron chi connectivity index (χ0n) is 10.2. The predicted molar refractivity (Wildman–Crippen MR) is 76.2 cm³/mol. The van der Waals surface area contributed by atoms with Gasteiger partial charge in [0.25, 0.3) is 0 Å². The van der Waals surface area contributed by atoms with Crippen molar-refractivity contribution in [2.45, 2.75) is 6.82 Å². The molecule has 0 aliphatic heterocycles. The molecule has 1 radical (unpaired) electrons. The molecule has 2 nitrogen and oxygen atoms in total. The van der Waals surface area contributed by atoms with Gasteiger partial charge in [0.1, 0.15) is 7.28 Å². The van der Waals surface area contributed by atoms with Crippen LogP contribution in [0, 0.1) is 0 Å². The van der Waals surface area contributed by atoms with Crippen LogP contribution in [0.25, 0.3) is 22.3 Å². The summed E-state index contributed by atoms with van der Waals surface area (Å²) in [5.41, 5.74) is 3.22. The van der Waals surface area contributed by atoms with E-state index in [1.54, 1.807) is 0 Å². The van der Waals surface area contributed by atoms with Crippen molar-refractivity contribution in [1.29, 1.82) is 0 Å². The van der Waals surface area contributed by atoms with Gasteiger partial charge in [0.05, 0.1) is 5.52 Å². The Bertz CT molecular complexity index is 680. The van der Waals surface area contributed by atoms with Gasteiger partial charge in [-0.3, -0.25) is 0 Å². The molecule has 2 aromatic carbocycles. The summed E-state index contributed by atoms with van der Waals surface area (Å²) < 4.78 is 0. The van der Waals surface area contributed by atoms with Crippen LogP contribution in [-0.2, 0) is 0 Å². The smallest absolute Gasteiger partial charge is 0.159 e. The van der Waals surface area contributed by atoms with Gasteiger partial charge in [-0.1, -0.05) is 54.8 Å². The maximum absolute atomic E-state index is 4.60. The van der Waals surface area contributed by atoms with Gasteiger partial charge in [-0.25, -0.2) is 9.97 Å². The Labute approximate surface area is 107 Å². The highest BCUT2D eigenvalue weighted by Crippen LogP contribution is 2.17. The summed E-state index contributed by atoms with van der Waals surface area (Å²) in [6, 6.07) is 16.3. The van der Waals surface area contributed by atoms with Crippen LogP contribution >= 0.6 is 0 Å². The SMILES string of the molecule is C[B]c1ccc2nc(-c3ccccc3)ncc2c1. The van der Waals surface area contributed by atoms with E-state index in [1.807, 2.05) is 49.4 Å². The largest absolute Gasteiger partial charge is 0.236 e. The maximum atomic E-state index is 4.60. The van der Waals surface area contributed by atoms with E-state index in [1.165, 1.54) is 5.46 Å². The van der Waals surface area contributed by atoms with Gasteiger partial charge in [-0.05, 0) is 6.07 Å². The van der Waals surface area contributed by atoms with Gasteiger partial charge in [0.15, 0.2) is 5.82 Å². The van der Waals surface area contributed by atoms with Gasteiger partial charge in [0.2, 0.25) is 0 Å². The van der Waals surface area contributed by atoms with E-state index in [4.69, 9.17) is 0 Å². The van der Waals surface area contributed by atoms with Gasteiger partial charge in [-0.15, -0.1) is 0 Å². The van der Waals surface area contributed by atoms with Crippen LogP contribution in [0.5, 0.6) is 0 Å². The summed E-state index contributed by atoms with van der Waals surface area (Å²) in [5, 5.41) is 1.07. The van der Waals surface area contributed by atoms with E-state index >= 15 is 0 Å². The molecule has 0 aliphatic carbocycles. The Kier molecular flexibility index (Phi) is 2.81. The minimum Gasteiger partial charge on any atom is -0.236 e. The third-order valence-electron chi connectivity index (χ3n) is 2.97. The molecule has 85 valence electrons. The molecular weight excluding hydrogens is 219 g/mol. The molecule has 1 aromatic heterocycles. The predicted octanol–water partition coefficient (Wildman–Crippen LogP) is 2.67. The van der Waals surface area contributed by atoms with Crippen LogP contribution in [0.4, 0.5) is 0 Å². The number of hydrogen-bond acceptors (Lipinski definition) is 2. The minimum absolute atomic E-state index is 0.774. The molecule has 0 spiro atoms. The van der Waals surface area contributed by atoms with E-state index in [0.717, 1.165) is 22.3 Å². The van der Waals surface area contributed by atoms with Crippen molar-refractivity contribution < 1.29 is 0 Å². The summed E-state index contributed by atoms with van der Waals surface area (Å²) in [7, 11) is 2.07. The third-order valence-corrected chi connectivity index (χ3v) is 2.97. The molecule has 0 N–H and O–H groups in total.